The van der Waals surface area contributed by atoms with E-state index in [9.17, 15) is 13.6 Å². The van der Waals surface area contributed by atoms with Gasteiger partial charge in [-0.05, 0) is 36.8 Å². The zero-order chi connectivity index (χ0) is 18.0. The van der Waals surface area contributed by atoms with Crippen LogP contribution in [-0.4, -0.2) is 15.5 Å². The van der Waals surface area contributed by atoms with Crippen LogP contribution in [0.2, 0.25) is 0 Å². The van der Waals surface area contributed by atoms with Gasteiger partial charge in [-0.15, -0.1) is 0 Å². The van der Waals surface area contributed by atoms with Crippen molar-refractivity contribution in [3.63, 3.8) is 0 Å². The van der Waals surface area contributed by atoms with Crippen molar-refractivity contribution in [2.75, 3.05) is 0 Å². The van der Waals surface area contributed by atoms with Crippen LogP contribution in [0.5, 0.6) is 0 Å². The Balaban J connectivity index is 1.77. The summed E-state index contributed by atoms with van der Waals surface area (Å²) in [6.45, 7) is 3.84. The fourth-order valence-corrected chi connectivity index (χ4v) is 2.87. The molecule has 0 spiro atoms. The van der Waals surface area contributed by atoms with E-state index in [1.165, 1.54) is 6.07 Å². The molecule has 2 aromatic carbocycles. The first-order chi connectivity index (χ1) is 12.0. The number of nitrogens with zero attached hydrogens (tertiary/aromatic N) is 2. The molecule has 4 nitrogen and oxygen atoms in total. The molecule has 0 radical (unpaired) electrons. The molecule has 1 N–H and O–H groups in total. The number of hydrogen-bond acceptors (Lipinski definition) is 2. The second kappa shape index (κ2) is 7.01. The molecule has 0 aliphatic heterocycles. The smallest absolute Gasteiger partial charge is 0.240 e. The van der Waals surface area contributed by atoms with Gasteiger partial charge >= 0.3 is 0 Å². The van der Waals surface area contributed by atoms with Gasteiger partial charge in [0.05, 0.1) is 17.1 Å². The second-order valence-electron chi connectivity index (χ2n) is 5.92. The van der Waals surface area contributed by atoms with Crippen molar-refractivity contribution in [1.29, 1.82) is 0 Å². The molecule has 0 unspecified atom stereocenters. The van der Waals surface area contributed by atoms with E-state index in [-0.39, 0.29) is 12.5 Å². The molecule has 1 heterocycles. The Bertz CT molecular complexity index is 920. The van der Waals surface area contributed by atoms with Gasteiger partial charge in [-0.3, -0.25) is 4.79 Å². The molecule has 130 valence electrons. The lowest BCUT2D eigenvalue weighted by Gasteiger charge is -2.16. The first kappa shape index (κ1) is 17.1. The quantitative estimate of drug-likeness (QED) is 0.767. The highest BCUT2D eigenvalue weighted by atomic mass is 19.2. The van der Waals surface area contributed by atoms with Crippen LogP contribution in [-0.2, 0) is 17.8 Å². The third-order valence-corrected chi connectivity index (χ3v) is 4.17. The Hall–Kier alpha value is -2.76. The lowest BCUT2D eigenvalue weighted by molar-refractivity contribution is -0.122. The van der Waals surface area contributed by atoms with E-state index in [1.54, 1.807) is 6.92 Å². The number of rotatable bonds is 5. The third-order valence-electron chi connectivity index (χ3n) is 4.17. The lowest BCUT2D eigenvalue weighted by atomic mass is 10.1. The molecule has 0 fully saturated rings. The van der Waals surface area contributed by atoms with E-state index < -0.39 is 17.7 Å². The number of aryl methyl sites for hydroxylation is 1. The van der Waals surface area contributed by atoms with Crippen LogP contribution >= 0.6 is 0 Å². The monoisotopic (exact) mass is 343 g/mol. The van der Waals surface area contributed by atoms with E-state index >= 15 is 0 Å². The average Bonchev–Trinajstić information content (AvgIpc) is 2.95. The predicted molar refractivity (Wildman–Crippen MR) is 92.0 cm³/mol. The number of para-hydroxylation sites is 2. The number of hydrogen-bond donors (Lipinski definition) is 1. The van der Waals surface area contributed by atoms with Gasteiger partial charge in [0.15, 0.2) is 11.6 Å². The minimum Gasteiger partial charge on any atom is -0.348 e. The molecule has 0 saturated heterocycles. The van der Waals surface area contributed by atoms with Crippen molar-refractivity contribution in [3.05, 3.63) is 65.5 Å². The first-order valence-electron chi connectivity index (χ1n) is 8.18. The number of carbonyl (C=O) groups is 1. The van der Waals surface area contributed by atoms with Gasteiger partial charge in [0.1, 0.15) is 12.4 Å². The van der Waals surface area contributed by atoms with E-state index in [0.717, 1.165) is 29.0 Å². The molecule has 6 heteroatoms. The summed E-state index contributed by atoms with van der Waals surface area (Å²) in [7, 11) is 0. The Morgan fingerprint density at radius 1 is 1.20 bits per heavy atom. The van der Waals surface area contributed by atoms with Crippen molar-refractivity contribution < 1.29 is 13.6 Å². The molecule has 3 aromatic rings. The van der Waals surface area contributed by atoms with E-state index in [1.807, 2.05) is 35.8 Å². The maximum atomic E-state index is 13.4. The Labute approximate surface area is 144 Å². The number of benzene rings is 2. The Morgan fingerprint density at radius 2 is 1.96 bits per heavy atom. The van der Waals surface area contributed by atoms with Crippen molar-refractivity contribution in [2.24, 2.45) is 0 Å². The minimum atomic E-state index is -0.924. The number of imidazole rings is 1. The van der Waals surface area contributed by atoms with Crippen LogP contribution in [0.1, 0.15) is 31.3 Å². The van der Waals surface area contributed by atoms with Gasteiger partial charge in [-0.2, -0.15) is 0 Å². The van der Waals surface area contributed by atoms with Gasteiger partial charge in [-0.25, -0.2) is 13.8 Å². The van der Waals surface area contributed by atoms with Gasteiger partial charge in [0, 0.05) is 6.42 Å². The number of halogens is 2. The number of amides is 1. The van der Waals surface area contributed by atoms with Gasteiger partial charge in [0.2, 0.25) is 5.91 Å². The molecular weight excluding hydrogens is 324 g/mol. The summed E-state index contributed by atoms with van der Waals surface area (Å²) in [5.41, 5.74) is 2.26. The summed E-state index contributed by atoms with van der Waals surface area (Å²) in [4.78, 5) is 17.0. The van der Waals surface area contributed by atoms with Crippen LogP contribution in [0.25, 0.3) is 11.0 Å². The largest absolute Gasteiger partial charge is 0.348 e. The summed E-state index contributed by atoms with van der Waals surface area (Å²) in [6.07, 6.45) is 0.709. The molecular formula is C19H19F2N3O. The Kier molecular flexibility index (Phi) is 4.79. The van der Waals surface area contributed by atoms with Gasteiger partial charge in [0.25, 0.3) is 0 Å². The van der Waals surface area contributed by atoms with Crippen LogP contribution in [0.3, 0.4) is 0 Å². The van der Waals surface area contributed by atoms with Crippen molar-refractivity contribution in [1.82, 2.24) is 14.9 Å². The van der Waals surface area contributed by atoms with Crippen molar-refractivity contribution in [3.8, 4) is 0 Å². The van der Waals surface area contributed by atoms with E-state index in [4.69, 9.17) is 0 Å². The molecule has 1 atom stereocenters. The minimum absolute atomic E-state index is 0.123. The molecule has 3 rings (SSSR count). The predicted octanol–water partition coefficient (Wildman–Crippen LogP) is 3.75. The molecule has 0 saturated carbocycles. The van der Waals surface area contributed by atoms with Crippen LogP contribution in [0.15, 0.2) is 42.5 Å². The fraction of sp³-hybridized carbons (Fsp3) is 0.263. The van der Waals surface area contributed by atoms with Crippen molar-refractivity contribution in [2.45, 2.75) is 32.9 Å². The van der Waals surface area contributed by atoms with Crippen LogP contribution in [0, 0.1) is 11.6 Å². The molecule has 1 amide bonds. The van der Waals surface area contributed by atoms with Crippen LogP contribution in [0.4, 0.5) is 8.78 Å². The standard InChI is InChI=1S/C19H19F2N3O/c1-3-18-23-16-6-4-5-7-17(16)24(18)11-19(25)22-12(2)13-8-9-14(20)15(21)10-13/h4-10,12H,3,11H2,1-2H3,(H,22,25)/t12-/m0/s1. The Morgan fingerprint density at radius 3 is 2.68 bits per heavy atom. The summed E-state index contributed by atoms with van der Waals surface area (Å²) in [5.74, 6) is -1.21. The fourth-order valence-electron chi connectivity index (χ4n) is 2.87. The number of carbonyl (C=O) groups excluding carboxylic acids is 1. The maximum absolute atomic E-state index is 13.4. The first-order valence-corrected chi connectivity index (χ1v) is 8.18. The van der Waals surface area contributed by atoms with Crippen LogP contribution < -0.4 is 5.32 Å². The number of fused-ring (bicyclic) bond motifs is 1. The van der Waals surface area contributed by atoms with Gasteiger partial charge < -0.3 is 9.88 Å². The summed E-state index contributed by atoms with van der Waals surface area (Å²) >= 11 is 0. The number of aromatic nitrogens is 2. The molecule has 25 heavy (non-hydrogen) atoms. The average molecular weight is 343 g/mol. The highest BCUT2D eigenvalue weighted by Gasteiger charge is 2.15. The van der Waals surface area contributed by atoms with Gasteiger partial charge in [-0.1, -0.05) is 25.1 Å². The molecule has 0 aliphatic carbocycles. The summed E-state index contributed by atoms with van der Waals surface area (Å²) in [5, 5.41) is 2.82. The second-order valence-corrected chi connectivity index (χ2v) is 5.92. The molecule has 0 aliphatic rings. The SMILES string of the molecule is CCc1nc2ccccc2n1CC(=O)N[C@@H](C)c1ccc(F)c(F)c1. The zero-order valence-electron chi connectivity index (χ0n) is 14.1. The highest BCUT2D eigenvalue weighted by Crippen LogP contribution is 2.18. The summed E-state index contributed by atoms with van der Waals surface area (Å²) in [6, 6.07) is 10.8. The summed E-state index contributed by atoms with van der Waals surface area (Å²) < 4.78 is 28.3. The third kappa shape index (κ3) is 3.52. The lowest BCUT2D eigenvalue weighted by Crippen LogP contribution is -2.30. The zero-order valence-corrected chi connectivity index (χ0v) is 14.1. The topological polar surface area (TPSA) is 46.9 Å². The molecule has 0 bridgehead atoms. The number of nitrogens with one attached hydrogen (secondary N) is 1. The van der Waals surface area contributed by atoms with E-state index in [2.05, 4.69) is 10.3 Å². The molecule has 1 aromatic heterocycles. The highest BCUT2D eigenvalue weighted by molar-refractivity contribution is 5.81. The van der Waals surface area contributed by atoms with E-state index in [0.29, 0.717) is 12.0 Å². The van der Waals surface area contributed by atoms with Crippen molar-refractivity contribution >= 4 is 16.9 Å². The maximum Gasteiger partial charge on any atom is 0.240 e. The normalized spacial score (nSPS) is 12.3.